The lowest BCUT2D eigenvalue weighted by molar-refractivity contribution is -0.195. The fourth-order valence-electron chi connectivity index (χ4n) is 0.690. The second-order valence-corrected chi connectivity index (χ2v) is 2.13. The van der Waals surface area contributed by atoms with E-state index in [1.807, 2.05) is 5.32 Å². The maximum atomic E-state index is 10.8. The zero-order valence-corrected chi connectivity index (χ0v) is 5.88. The summed E-state index contributed by atoms with van der Waals surface area (Å²) in [5.74, 6) is -2.77. The van der Waals surface area contributed by atoms with Crippen molar-refractivity contribution in [2.24, 2.45) is 0 Å². The topological polar surface area (TPSA) is 87.7 Å². The van der Waals surface area contributed by atoms with Crippen molar-refractivity contribution in [1.82, 2.24) is 10.6 Å². The van der Waals surface area contributed by atoms with Gasteiger partial charge in [-0.15, -0.1) is 0 Å². The molecule has 0 radical (unpaired) electrons. The predicted octanol–water partition coefficient (Wildman–Crippen LogP) is -1.84. The predicted molar refractivity (Wildman–Crippen MR) is 33.5 cm³/mol. The molecule has 0 saturated carbocycles. The van der Waals surface area contributed by atoms with E-state index in [4.69, 9.17) is 0 Å². The first-order valence-corrected chi connectivity index (χ1v) is 2.95. The molecule has 1 aliphatic rings. The average Bonchev–Trinajstić information content (AvgIpc) is 1.98. The van der Waals surface area contributed by atoms with Crippen LogP contribution in [-0.2, 0) is 9.53 Å². The molecule has 3 amide bonds. The molecule has 0 aliphatic carbocycles. The Kier molecular flexibility index (Phi) is 1.79. The first-order valence-electron chi connectivity index (χ1n) is 2.95. The van der Waals surface area contributed by atoms with Gasteiger partial charge in [-0.25, -0.2) is 4.79 Å². The molecule has 1 aliphatic heterocycles. The second kappa shape index (κ2) is 2.48. The monoisotopic (exact) mass is 160 g/mol. The Labute approximate surface area is 62.5 Å². The molecule has 1 unspecified atom stereocenters. The van der Waals surface area contributed by atoms with Gasteiger partial charge in [0.2, 0.25) is 0 Å². The summed E-state index contributed by atoms with van der Waals surface area (Å²) in [6.07, 6.45) is 0. The van der Waals surface area contributed by atoms with E-state index in [1.165, 1.54) is 7.11 Å². The van der Waals surface area contributed by atoms with Gasteiger partial charge < -0.3 is 15.2 Å². The minimum absolute atomic E-state index is 0.228. The van der Waals surface area contributed by atoms with E-state index in [0.717, 1.165) is 0 Å². The van der Waals surface area contributed by atoms with Crippen molar-refractivity contribution in [2.75, 3.05) is 13.7 Å². The van der Waals surface area contributed by atoms with Crippen LogP contribution in [0.2, 0.25) is 0 Å². The van der Waals surface area contributed by atoms with Gasteiger partial charge in [-0.2, -0.15) is 0 Å². The third-order valence-electron chi connectivity index (χ3n) is 1.41. The SMILES string of the molecule is COC1(O)CNC(=O)NC1=O. The summed E-state index contributed by atoms with van der Waals surface area (Å²) in [7, 11) is 1.18. The van der Waals surface area contributed by atoms with Gasteiger partial charge in [-0.1, -0.05) is 0 Å². The fraction of sp³-hybridized carbons (Fsp3) is 0.600. The maximum absolute atomic E-state index is 10.8. The largest absolute Gasteiger partial charge is 0.357 e. The Balaban J connectivity index is 2.71. The highest BCUT2D eigenvalue weighted by molar-refractivity contribution is 6.00. The van der Waals surface area contributed by atoms with Crippen LogP contribution in [0.4, 0.5) is 4.79 Å². The van der Waals surface area contributed by atoms with Gasteiger partial charge in [-0.05, 0) is 0 Å². The summed E-state index contributed by atoms with van der Waals surface area (Å²) in [5, 5.41) is 13.3. The standard InChI is InChI=1S/C5H8N2O4/c1-11-5(10)2-6-4(9)7-3(5)8/h10H,2H2,1H3,(H2,6,7,8,9). The highest BCUT2D eigenvalue weighted by Crippen LogP contribution is 2.06. The van der Waals surface area contributed by atoms with Crippen LogP contribution in [0.5, 0.6) is 0 Å². The molecular weight excluding hydrogens is 152 g/mol. The van der Waals surface area contributed by atoms with E-state index in [-0.39, 0.29) is 6.54 Å². The number of imide groups is 1. The Morgan fingerprint density at radius 3 is 2.73 bits per heavy atom. The smallest absolute Gasteiger partial charge is 0.321 e. The third-order valence-corrected chi connectivity index (χ3v) is 1.41. The maximum Gasteiger partial charge on any atom is 0.321 e. The van der Waals surface area contributed by atoms with Crippen LogP contribution >= 0.6 is 0 Å². The van der Waals surface area contributed by atoms with Crippen molar-refractivity contribution < 1.29 is 19.4 Å². The number of urea groups is 1. The lowest BCUT2D eigenvalue weighted by atomic mass is 10.2. The number of aliphatic hydroxyl groups is 1. The van der Waals surface area contributed by atoms with Crippen LogP contribution in [0.15, 0.2) is 0 Å². The van der Waals surface area contributed by atoms with E-state index in [0.29, 0.717) is 0 Å². The van der Waals surface area contributed by atoms with Crippen molar-refractivity contribution in [3.63, 3.8) is 0 Å². The van der Waals surface area contributed by atoms with Crippen molar-refractivity contribution in [3.05, 3.63) is 0 Å². The number of ether oxygens (including phenoxy) is 1. The molecule has 0 spiro atoms. The number of nitrogens with one attached hydrogen (secondary N) is 2. The van der Waals surface area contributed by atoms with Gasteiger partial charge >= 0.3 is 6.03 Å². The van der Waals surface area contributed by atoms with E-state index in [9.17, 15) is 14.7 Å². The molecule has 1 atom stereocenters. The molecule has 11 heavy (non-hydrogen) atoms. The highest BCUT2D eigenvalue weighted by Gasteiger charge is 2.41. The van der Waals surface area contributed by atoms with E-state index in [1.54, 1.807) is 0 Å². The van der Waals surface area contributed by atoms with Crippen LogP contribution in [0.1, 0.15) is 0 Å². The Morgan fingerprint density at radius 2 is 2.27 bits per heavy atom. The van der Waals surface area contributed by atoms with Crippen LogP contribution in [0.25, 0.3) is 0 Å². The lowest BCUT2D eigenvalue weighted by Gasteiger charge is -2.28. The Hall–Kier alpha value is -1.14. The molecule has 0 aromatic rings. The Bertz CT molecular complexity index is 205. The molecule has 0 bridgehead atoms. The number of hydrogen-bond donors (Lipinski definition) is 3. The van der Waals surface area contributed by atoms with Crippen molar-refractivity contribution in [2.45, 2.75) is 5.79 Å². The first-order chi connectivity index (χ1) is 5.08. The summed E-state index contributed by atoms with van der Waals surface area (Å²) in [5.41, 5.74) is 0. The number of β-amino-alcohol motifs (C(OH)–C–C–N with tert-alkyl or cyclic N) is 1. The highest BCUT2D eigenvalue weighted by atomic mass is 16.6. The summed E-state index contributed by atoms with van der Waals surface area (Å²) in [4.78, 5) is 21.3. The quantitative estimate of drug-likeness (QED) is 0.393. The first kappa shape index (κ1) is 7.96. The lowest BCUT2D eigenvalue weighted by Crippen LogP contribution is -2.63. The number of carbonyl (C=O) groups excluding carboxylic acids is 2. The minimum atomic E-state index is -1.92. The van der Waals surface area contributed by atoms with Crippen molar-refractivity contribution in [1.29, 1.82) is 0 Å². The zero-order chi connectivity index (χ0) is 8.48. The van der Waals surface area contributed by atoms with Gasteiger partial charge in [0.25, 0.3) is 11.7 Å². The van der Waals surface area contributed by atoms with Crippen LogP contribution in [-0.4, -0.2) is 36.5 Å². The summed E-state index contributed by atoms with van der Waals surface area (Å²) in [6.45, 7) is -0.228. The molecule has 3 N–H and O–H groups in total. The summed E-state index contributed by atoms with van der Waals surface area (Å²) in [6, 6.07) is -0.628. The molecule has 0 aromatic carbocycles. The van der Waals surface area contributed by atoms with E-state index >= 15 is 0 Å². The molecule has 6 heteroatoms. The average molecular weight is 160 g/mol. The van der Waals surface area contributed by atoms with Gasteiger partial charge in [0.1, 0.15) is 0 Å². The van der Waals surface area contributed by atoms with Crippen LogP contribution in [0, 0.1) is 0 Å². The van der Waals surface area contributed by atoms with Gasteiger partial charge in [0.05, 0.1) is 6.54 Å². The zero-order valence-electron chi connectivity index (χ0n) is 5.88. The molecule has 0 aromatic heterocycles. The number of methoxy groups -OCH3 is 1. The molecule has 1 rings (SSSR count). The molecule has 6 nitrogen and oxygen atoms in total. The van der Waals surface area contributed by atoms with Gasteiger partial charge in [-0.3, -0.25) is 10.1 Å². The molecule has 62 valence electrons. The normalized spacial score (nSPS) is 31.1. The number of hydrogen-bond acceptors (Lipinski definition) is 4. The van der Waals surface area contributed by atoms with Crippen molar-refractivity contribution in [3.8, 4) is 0 Å². The second-order valence-electron chi connectivity index (χ2n) is 2.13. The molecular formula is C5H8N2O4. The van der Waals surface area contributed by atoms with E-state index < -0.39 is 17.7 Å². The third kappa shape index (κ3) is 1.31. The molecule has 1 heterocycles. The van der Waals surface area contributed by atoms with Crippen LogP contribution < -0.4 is 10.6 Å². The summed E-state index contributed by atoms with van der Waals surface area (Å²) < 4.78 is 4.47. The van der Waals surface area contributed by atoms with Crippen molar-refractivity contribution >= 4 is 11.9 Å². The number of amides is 3. The molecule has 1 saturated heterocycles. The minimum Gasteiger partial charge on any atom is -0.357 e. The van der Waals surface area contributed by atoms with Crippen LogP contribution in [0.3, 0.4) is 0 Å². The Morgan fingerprint density at radius 1 is 1.64 bits per heavy atom. The van der Waals surface area contributed by atoms with Gasteiger partial charge in [0.15, 0.2) is 0 Å². The fourth-order valence-corrected chi connectivity index (χ4v) is 0.690. The number of carbonyl (C=O) groups is 2. The van der Waals surface area contributed by atoms with E-state index in [2.05, 4.69) is 10.1 Å². The number of rotatable bonds is 1. The molecule has 1 fully saturated rings. The summed E-state index contributed by atoms with van der Waals surface area (Å²) >= 11 is 0. The van der Waals surface area contributed by atoms with Gasteiger partial charge in [0, 0.05) is 7.11 Å².